The Bertz CT molecular complexity index is 332. The number of aromatic nitrogens is 2. The molecule has 0 saturated carbocycles. The van der Waals surface area contributed by atoms with E-state index in [0.717, 1.165) is 5.33 Å². The minimum Gasteiger partial charge on any atom is -0.365 e. The Morgan fingerprint density at radius 1 is 1.47 bits per heavy atom. The topological polar surface area (TPSA) is 37.8 Å². The first-order chi connectivity index (χ1) is 7.06. The van der Waals surface area contributed by atoms with E-state index in [0.29, 0.717) is 11.6 Å². The van der Waals surface area contributed by atoms with Crippen LogP contribution >= 0.6 is 15.9 Å². The monoisotopic (exact) mass is 275 g/mol. The van der Waals surface area contributed by atoms with Gasteiger partial charge >= 0.3 is 0 Å². The summed E-state index contributed by atoms with van der Waals surface area (Å²) in [6.07, 6.45) is 1.37. The molecular formula is C10H15BrFN3. The van der Waals surface area contributed by atoms with Crippen LogP contribution in [-0.4, -0.2) is 21.3 Å². The van der Waals surface area contributed by atoms with Crippen molar-refractivity contribution in [2.45, 2.75) is 26.8 Å². The van der Waals surface area contributed by atoms with Gasteiger partial charge in [0, 0.05) is 11.4 Å². The van der Waals surface area contributed by atoms with Gasteiger partial charge < -0.3 is 5.32 Å². The van der Waals surface area contributed by atoms with E-state index < -0.39 is 0 Å². The average molecular weight is 276 g/mol. The van der Waals surface area contributed by atoms with E-state index in [-0.39, 0.29) is 17.7 Å². The summed E-state index contributed by atoms with van der Waals surface area (Å²) in [6.45, 7) is 5.71. The molecule has 3 nitrogen and oxygen atoms in total. The zero-order chi connectivity index (χ0) is 11.4. The van der Waals surface area contributed by atoms with Crippen molar-refractivity contribution < 1.29 is 4.39 Å². The Morgan fingerprint density at radius 3 is 2.73 bits per heavy atom. The number of alkyl halides is 1. The maximum atomic E-state index is 13.5. The third kappa shape index (κ3) is 3.12. The number of hydrogen-bond donors (Lipinski definition) is 1. The average Bonchev–Trinajstić information content (AvgIpc) is 2.23. The van der Waals surface area contributed by atoms with Crippen molar-refractivity contribution >= 4 is 21.7 Å². The number of rotatable bonds is 4. The van der Waals surface area contributed by atoms with Gasteiger partial charge in [0.15, 0.2) is 11.6 Å². The summed E-state index contributed by atoms with van der Waals surface area (Å²) in [5, 5.41) is 3.91. The zero-order valence-electron chi connectivity index (χ0n) is 9.09. The van der Waals surface area contributed by atoms with E-state index in [9.17, 15) is 4.39 Å². The molecule has 0 aromatic carbocycles. The van der Waals surface area contributed by atoms with Crippen LogP contribution in [0.4, 0.5) is 10.2 Å². The molecule has 0 aliphatic rings. The van der Waals surface area contributed by atoms with E-state index in [1.807, 2.05) is 6.92 Å². The molecule has 0 bridgehead atoms. The van der Waals surface area contributed by atoms with Gasteiger partial charge in [0.1, 0.15) is 6.33 Å². The van der Waals surface area contributed by atoms with Crippen molar-refractivity contribution in [3.63, 3.8) is 0 Å². The number of aryl methyl sites for hydroxylation is 1. The van der Waals surface area contributed by atoms with Crippen LogP contribution in [0.15, 0.2) is 6.33 Å². The highest BCUT2D eigenvalue weighted by molar-refractivity contribution is 9.09. The molecule has 84 valence electrons. The van der Waals surface area contributed by atoms with Crippen molar-refractivity contribution in [2.24, 2.45) is 5.92 Å². The molecular weight excluding hydrogens is 261 g/mol. The summed E-state index contributed by atoms with van der Waals surface area (Å²) in [7, 11) is 0. The van der Waals surface area contributed by atoms with Gasteiger partial charge in [0.2, 0.25) is 0 Å². The molecule has 0 spiro atoms. The quantitative estimate of drug-likeness (QED) is 0.859. The highest BCUT2D eigenvalue weighted by atomic mass is 79.9. The summed E-state index contributed by atoms with van der Waals surface area (Å²) < 4.78 is 13.5. The van der Waals surface area contributed by atoms with Gasteiger partial charge in [0.05, 0.1) is 5.69 Å². The van der Waals surface area contributed by atoms with Gasteiger partial charge in [-0.05, 0) is 19.8 Å². The molecule has 15 heavy (non-hydrogen) atoms. The summed E-state index contributed by atoms with van der Waals surface area (Å²) in [6, 6.07) is 0.160. The van der Waals surface area contributed by atoms with E-state index in [2.05, 4.69) is 38.1 Å². The molecule has 1 heterocycles. The van der Waals surface area contributed by atoms with E-state index in [4.69, 9.17) is 0 Å². The first-order valence-electron chi connectivity index (χ1n) is 4.85. The highest BCUT2D eigenvalue weighted by Crippen LogP contribution is 2.16. The second-order valence-corrected chi connectivity index (χ2v) is 4.33. The largest absolute Gasteiger partial charge is 0.365 e. The Hall–Kier alpha value is -0.710. The first-order valence-corrected chi connectivity index (χ1v) is 5.98. The lowest BCUT2D eigenvalue weighted by molar-refractivity contribution is 0.554. The molecule has 2 atom stereocenters. The maximum absolute atomic E-state index is 13.5. The summed E-state index contributed by atoms with van der Waals surface area (Å²) in [4.78, 5) is 7.66. The SMILES string of the molecule is Cc1ncnc(NC(C)C(C)CBr)c1F. The third-order valence-corrected chi connectivity index (χ3v) is 3.45. The molecule has 0 aliphatic heterocycles. The van der Waals surface area contributed by atoms with Crippen molar-refractivity contribution in [1.29, 1.82) is 0 Å². The Kier molecular flexibility index (Phi) is 4.45. The molecule has 0 radical (unpaired) electrons. The van der Waals surface area contributed by atoms with Crippen LogP contribution in [0.3, 0.4) is 0 Å². The van der Waals surface area contributed by atoms with Gasteiger partial charge in [-0.2, -0.15) is 0 Å². The minimum atomic E-state index is -0.369. The van der Waals surface area contributed by atoms with Gasteiger partial charge in [0.25, 0.3) is 0 Å². The number of nitrogens with one attached hydrogen (secondary N) is 1. The molecule has 1 aromatic heterocycles. The maximum Gasteiger partial charge on any atom is 0.186 e. The molecule has 5 heteroatoms. The Morgan fingerprint density at radius 2 is 2.13 bits per heavy atom. The van der Waals surface area contributed by atoms with Crippen molar-refractivity contribution in [3.05, 3.63) is 17.8 Å². The number of hydrogen-bond acceptors (Lipinski definition) is 3. The van der Waals surface area contributed by atoms with Crippen LogP contribution in [0, 0.1) is 18.7 Å². The van der Waals surface area contributed by atoms with Crippen LogP contribution in [-0.2, 0) is 0 Å². The van der Waals surface area contributed by atoms with Crippen molar-refractivity contribution in [2.75, 3.05) is 10.6 Å². The van der Waals surface area contributed by atoms with Crippen molar-refractivity contribution in [1.82, 2.24) is 9.97 Å². The normalized spacial score (nSPS) is 14.7. The molecule has 2 unspecified atom stereocenters. The highest BCUT2D eigenvalue weighted by Gasteiger charge is 2.14. The second-order valence-electron chi connectivity index (χ2n) is 3.69. The van der Waals surface area contributed by atoms with Crippen LogP contribution in [0.2, 0.25) is 0 Å². The Balaban J connectivity index is 2.76. The fourth-order valence-electron chi connectivity index (χ4n) is 1.05. The minimum absolute atomic E-state index is 0.160. The predicted octanol–water partition coefficient (Wildman–Crippen LogP) is 2.76. The molecule has 1 N–H and O–H groups in total. The predicted molar refractivity (Wildman–Crippen MR) is 62.8 cm³/mol. The lowest BCUT2D eigenvalue weighted by Gasteiger charge is -2.20. The summed E-state index contributed by atoms with van der Waals surface area (Å²) in [5.41, 5.74) is 0.367. The van der Waals surface area contributed by atoms with Gasteiger partial charge in [-0.25, -0.2) is 14.4 Å². The van der Waals surface area contributed by atoms with E-state index in [1.165, 1.54) is 6.33 Å². The molecule has 0 amide bonds. The lowest BCUT2D eigenvalue weighted by Crippen LogP contribution is -2.26. The zero-order valence-corrected chi connectivity index (χ0v) is 10.7. The van der Waals surface area contributed by atoms with Gasteiger partial charge in [-0.3, -0.25) is 0 Å². The van der Waals surface area contributed by atoms with Crippen LogP contribution in [0.5, 0.6) is 0 Å². The molecule has 0 saturated heterocycles. The summed E-state index contributed by atoms with van der Waals surface area (Å²) in [5.74, 6) is 0.314. The second kappa shape index (κ2) is 5.39. The molecule has 0 aliphatic carbocycles. The fourth-order valence-corrected chi connectivity index (χ4v) is 1.61. The first kappa shape index (κ1) is 12.4. The number of halogens is 2. The van der Waals surface area contributed by atoms with E-state index in [1.54, 1.807) is 6.92 Å². The van der Waals surface area contributed by atoms with Gasteiger partial charge in [-0.1, -0.05) is 22.9 Å². The van der Waals surface area contributed by atoms with Crippen LogP contribution in [0.25, 0.3) is 0 Å². The van der Waals surface area contributed by atoms with E-state index >= 15 is 0 Å². The van der Waals surface area contributed by atoms with Crippen LogP contribution < -0.4 is 5.32 Å². The molecule has 1 aromatic rings. The molecule has 1 rings (SSSR count). The number of nitrogens with zero attached hydrogens (tertiary/aromatic N) is 2. The number of anilines is 1. The van der Waals surface area contributed by atoms with Crippen LogP contribution in [0.1, 0.15) is 19.5 Å². The third-order valence-electron chi connectivity index (χ3n) is 2.43. The van der Waals surface area contributed by atoms with Gasteiger partial charge in [-0.15, -0.1) is 0 Å². The molecule has 0 fully saturated rings. The standard InChI is InChI=1S/C10H15BrFN3/c1-6(4-11)7(2)15-10-9(12)8(3)13-5-14-10/h5-7H,4H2,1-3H3,(H,13,14,15). The lowest BCUT2D eigenvalue weighted by atomic mass is 10.1. The van der Waals surface area contributed by atoms with Crippen molar-refractivity contribution in [3.8, 4) is 0 Å². The Labute approximate surface area is 97.6 Å². The summed E-state index contributed by atoms with van der Waals surface area (Å²) >= 11 is 3.40. The smallest absolute Gasteiger partial charge is 0.186 e. The fraction of sp³-hybridized carbons (Fsp3) is 0.600.